The monoisotopic (exact) mass is 340 g/mol. The number of esters is 1. The largest absolute Gasteiger partial charge is 0.465 e. The number of nitrogens with zero attached hydrogens (tertiary/aromatic N) is 3. The van der Waals surface area contributed by atoms with Crippen LogP contribution >= 0.6 is 0 Å². The lowest BCUT2D eigenvalue weighted by molar-refractivity contribution is 0.0601. The molecule has 1 aromatic heterocycles. The van der Waals surface area contributed by atoms with Crippen LogP contribution in [0.15, 0.2) is 30.3 Å². The standard InChI is InChI=1S/C19H24N4O2/c1-14-20-17(13-18(21-14)23-11-5-3-4-6-12-23)22-16-9-7-15(8-10-16)19(24)25-2/h7-10,13H,3-6,11-12H2,1-2H3,(H,20,21,22). The van der Waals surface area contributed by atoms with Crippen molar-refractivity contribution in [3.05, 3.63) is 41.7 Å². The molecule has 132 valence electrons. The molecule has 0 spiro atoms. The summed E-state index contributed by atoms with van der Waals surface area (Å²) in [5.41, 5.74) is 1.39. The summed E-state index contributed by atoms with van der Waals surface area (Å²) < 4.78 is 4.72. The van der Waals surface area contributed by atoms with Crippen molar-refractivity contribution in [3.63, 3.8) is 0 Å². The van der Waals surface area contributed by atoms with Crippen molar-refractivity contribution < 1.29 is 9.53 Å². The number of aromatic nitrogens is 2. The lowest BCUT2D eigenvalue weighted by atomic mass is 10.2. The molecule has 1 aliphatic rings. The molecule has 1 aliphatic heterocycles. The number of nitrogens with one attached hydrogen (secondary N) is 1. The number of hydrogen-bond donors (Lipinski definition) is 1. The second-order valence-corrected chi connectivity index (χ2v) is 6.25. The first-order valence-electron chi connectivity index (χ1n) is 8.72. The number of carbonyl (C=O) groups excluding carboxylic acids is 1. The first-order chi connectivity index (χ1) is 12.2. The Morgan fingerprint density at radius 2 is 1.76 bits per heavy atom. The van der Waals surface area contributed by atoms with E-state index in [0.29, 0.717) is 5.56 Å². The molecular weight excluding hydrogens is 316 g/mol. The van der Waals surface area contributed by atoms with E-state index in [1.165, 1.54) is 32.8 Å². The molecule has 0 unspecified atom stereocenters. The summed E-state index contributed by atoms with van der Waals surface area (Å²) in [4.78, 5) is 22.9. The van der Waals surface area contributed by atoms with Gasteiger partial charge in [0.2, 0.25) is 0 Å². The van der Waals surface area contributed by atoms with Crippen molar-refractivity contribution >= 4 is 23.3 Å². The van der Waals surface area contributed by atoms with Gasteiger partial charge < -0.3 is 15.0 Å². The van der Waals surface area contributed by atoms with Gasteiger partial charge in [0.25, 0.3) is 0 Å². The molecule has 2 aromatic rings. The highest BCUT2D eigenvalue weighted by atomic mass is 16.5. The van der Waals surface area contributed by atoms with Crippen LogP contribution in [0.3, 0.4) is 0 Å². The molecule has 6 nitrogen and oxygen atoms in total. The molecule has 0 amide bonds. The molecule has 1 N–H and O–H groups in total. The molecule has 0 saturated carbocycles. The lowest BCUT2D eigenvalue weighted by Gasteiger charge is -2.22. The average Bonchev–Trinajstić information content (AvgIpc) is 2.90. The molecule has 0 bridgehead atoms. The lowest BCUT2D eigenvalue weighted by Crippen LogP contribution is -2.25. The van der Waals surface area contributed by atoms with Crippen LogP contribution in [0.4, 0.5) is 17.3 Å². The Kier molecular flexibility index (Phi) is 5.48. The van der Waals surface area contributed by atoms with Gasteiger partial charge in [-0.2, -0.15) is 0 Å². The van der Waals surface area contributed by atoms with Crippen molar-refractivity contribution in [2.45, 2.75) is 32.6 Å². The van der Waals surface area contributed by atoms with Crippen LogP contribution in [0, 0.1) is 6.92 Å². The Bertz CT molecular complexity index is 723. The van der Waals surface area contributed by atoms with E-state index in [1.54, 1.807) is 12.1 Å². The van der Waals surface area contributed by atoms with Gasteiger partial charge in [0.05, 0.1) is 12.7 Å². The first kappa shape index (κ1) is 17.2. The van der Waals surface area contributed by atoms with E-state index >= 15 is 0 Å². The van der Waals surface area contributed by atoms with Gasteiger partial charge in [-0.05, 0) is 44.0 Å². The molecular formula is C19H24N4O2. The average molecular weight is 340 g/mol. The Morgan fingerprint density at radius 1 is 1.08 bits per heavy atom. The fourth-order valence-corrected chi connectivity index (χ4v) is 3.03. The molecule has 3 rings (SSSR count). The van der Waals surface area contributed by atoms with Gasteiger partial charge in [0, 0.05) is 24.8 Å². The number of ether oxygens (including phenoxy) is 1. The van der Waals surface area contributed by atoms with E-state index in [2.05, 4.69) is 20.2 Å². The molecule has 0 radical (unpaired) electrons. The van der Waals surface area contributed by atoms with E-state index in [0.717, 1.165) is 36.2 Å². The third-order valence-corrected chi connectivity index (χ3v) is 4.33. The SMILES string of the molecule is COC(=O)c1ccc(Nc2cc(N3CCCCCC3)nc(C)n2)cc1. The molecule has 0 aliphatic carbocycles. The van der Waals surface area contributed by atoms with Crippen LogP contribution in [0.25, 0.3) is 0 Å². The fraction of sp³-hybridized carbons (Fsp3) is 0.421. The summed E-state index contributed by atoms with van der Waals surface area (Å²) in [5, 5.41) is 3.29. The Labute approximate surface area is 148 Å². The smallest absolute Gasteiger partial charge is 0.337 e. The van der Waals surface area contributed by atoms with Gasteiger partial charge in [-0.3, -0.25) is 0 Å². The summed E-state index contributed by atoms with van der Waals surface area (Å²) in [6.45, 7) is 4.00. The maximum Gasteiger partial charge on any atom is 0.337 e. The minimum Gasteiger partial charge on any atom is -0.465 e. The minimum atomic E-state index is -0.340. The van der Waals surface area contributed by atoms with Crippen LogP contribution in [0.2, 0.25) is 0 Å². The van der Waals surface area contributed by atoms with E-state index in [1.807, 2.05) is 25.1 Å². The number of methoxy groups -OCH3 is 1. The topological polar surface area (TPSA) is 67.3 Å². The van der Waals surface area contributed by atoms with Gasteiger partial charge in [0.1, 0.15) is 17.5 Å². The normalized spacial score (nSPS) is 14.7. The molecule has 1 aromatic carbocycles. The number of aryl methyl sites for hydroxylation is 1. The van der Waals surface area contributed by atoms with Crippen LogP contribution in [-0.2, 0) is 4.74 Å². The van der Waals surface area contributed by atoms with Gasteiger partial charge in [-0.1, -0.05) is 12.8 Å². The molecule has 2 heterocycles. The number of benzene rings is 1. The van der Waals surface area contributed by atoms with Gasteiger partial charge in [0.15, 0.2) is 0 Å². The van der Waals surface area contributed by atoms with E-state index in [9.17, 15) is 4.79 Å². The first-order valence-corrected chi connectivity index (χ1v) is 8.72. The van der Waals surface area contributed by atoms with Crippen molar-refractivity contribution in [2.24, 2.45) is 0 Å². The maximum atomic E-state index is 11.5. The predicted octanol–water partition coefficient (Wildman–Crippen LogP) is 3.70. The van der Waals surface area contributed by atoms with E-state index in [-0.39, 0.29) is 5.97 Å². The number of carbonyl (C=O) groups is 1. The van der Waals surface area contributed by atoms with Crippen molar-refractivity contribution in [1.82, 2.24) is 9.97 Å². The minimum absolute atomic E-state index is 0.340. The van der Waals surface area contributed by atoms with Crippen LogP contribution < -0.4 is 10.2 Å². The van der Waals surface area contributed by atoms with Gasteiger partial charge in [-0.25, -0.2) is 14.8 Å². The summed E-state index contributed by atoms with van der Waals surface area (Å²) in [5.74, 6) is 2.14. The van der Waals surface area contributed by atoms with Crippen LogP contribution in [0.5, 0.6) is 0 Å². The van der Waals surface area contributed by atoms with Gasteiger partial charge in [-0.15, -0.1) is 0 Å². The Balaban J connectivity index is 1.77. The van der Waals surface area contributed by atoms with E-state index in [4.69, 9.17) is 4.74 Å². The summed E-state index contributed by atoms with van der Waals surface area (Å²) in [6, 6.07) is 9.15. The maximum absolute atomic E-state index is 11.5. The highest BCUT2D eigenvalue weighted by Crippen LogP contribution is 2.22. The third kappa shape index (κ3) is 4.47. The van der Waals surface area contributed by atoms with Crippen LogP contribution in [0.1, 0.15) is 41.9 Å². The Hall–Kier alpha value is -2.63. The summed E-state index contributed by atoms with van der Waals surface area (Å²) >= 11 is 0. The number of anilines is 3. The number of hydrogen-bond acceptors (Lipinski definition) is 6. The van der Waals surface area contributed by atoms with Crippen LogP contribution in [-0.4, -0.2) is 36.1 Å². The second-order valence-electron chi connectivity index (χ2n) is 6.25. The zero-order valence-corrected chi connectivity index (χ0v) is 14.8. The quantitative estimate of drug-likeness (QED) is 0.856. The van der Waals surface area contributed by atoms with Gasteiger partial charge >= 0.3 is 5.97 Å². The third-order valence-electron chi connectivity index (χ3n) is 4.33. The number of rotatable bonds is 4. The van der Waals surface area contributed by atoms with E-state index < -0.39 is 0 Å². The highest BCUT2D eigenvalue weighted by molar-refractivity contribution is 5.89. The predicted molar refractivity (Wildman–Crippen MR) is 98.5 cm³/mol. The molecule has 6 heteroatoms. The fourth-order valence-electron chi connectivity index (χ4n) is 3.03. The second kappa shape index (κ2) is 7.96. The molecule has 25 heavy (non-hydrogen) atoms. The zero-order chi connectivity index (χ0) is 17.6. The summed E-state index contributed by atoms with van der Waals surface area (Å²) in [7, 11) is 1.38. The molecule has 1 saturated heterocycles. The van der Waals surface area contributed by atoms with Crippen molar-refractivity contribution in [1.29, 1.82) is 0 Å². The van der Waals surface area contributed by atoms with Crippen molar-refractivity contribution in [2.75, 3.05) is 30.4 Å². The highest BCUT2D eigenvalue weighted by Gasteiger charge is 2.13. The molecule has 1 fully saturated rings. The zero-order valence-electron chi connectivity index (χ0n) is 14.8. The molecule has 0 atom stereocenters. The van der Waals surface area contributed by atoms with Crippen molar-refractivity contribution in [3.8, 4) is 0 Å². The Morgan fingerprint density at radius 3 is 2.40 bits per heavy atom. The summed E-state index contributed by atoms with van der Waals surface area (Å²) in [6.07, 6.45) is 5.00.